The van der Waals surface area contributed by atoms with Gasteiger partial charge in [-0.25, -0.2) is 13.5 Å². The standard InChI is InChI=1S/C17H19F2N3O2/c1-11(2)14-13(8-20-22(14)12-6-4-3-5-7-12)15(23)21-9-17(24,10-21)16(18)19/h3-8,11,16,24H,9-10H2,1-2H3. The summed E-state index contributed by atoms with van der Waals surface area (Å²) in [5, 5.41) is 13.9. The molecule has 3 rings (SSSR count). The number of nitrogens with zero attached hydrogens (tertiary/aromatic N) is 3. The SMILES string of the molecule is CC(C)c1c(C(=O)N2CC(O)(C(F)F)C2)cnn1-c1ccccc1. The molecule has 0 unspecified atom stereocenters. The van der Waals surface area contributed by atoms with Gasteiger partial charge in [0.1, 0.15) is 0 Å². The number of carbonyl (C=O) groups is 1. The van der Waals surface area contributed by atoms with Crippen molar-refractivity contribution in [3.8, 4) is 5.69 Å². The minimum atomic E-state index is -2.86. The molecule has 1 amide bonds. The van der Waals surface area contributed by atoms with Crippen LogP contribution in [0.4, 0.5) is 8.78 Å². The summed E-state index contributed by atoms with van der Waals surface area (Å²) in [6.07, 6.45) is -1.40. The van der Waals surface area contributed by atoms with Gasteiger partial charge in [0.15, 0.2) is 5.60 Å². The Hall–Kier alpha value is -2.28. The average Bonchev–Trinajstić information content (AvgIpc) is 2.97. The fraction of sp³-hybridized carbons (Fsp3) is 0.412. The molecule has 0 bridgehead atoms. The van der Waals surface area contributed by atoms with Gasteiger partial charge in [-0.3, -0.25) is 4.79 Å². The second-order valence-corrected chi connectivity index (χ2v) is 6.41. The molecule has 2 heterocycles. The van der Waals surface area contributed by atoms with Gasteiger partial charge >= 0.3 is 0 Å². The van der Waals surface area contributed by atoms with Crippen molar-refractivity contribution in [3.05, 3.63) is 47.8 Å². The molecule has 128 valence electrons. The Morgan fingerprint density at radius 2 is 1.88 bits per heavy atom. The normalized spacial score (nSPS) is 16.5. The van der Waals surface area contributed by atoms with Crippen molar-refractivity contribution in [1.29, 1.82) is 0 Å². The van der Waals surface area contributed by atoms with Crippen LogP contribution >= 0.6 is 0 Å². The molecule has 0 aliphatic carbocycles. The van der Waals surface area contributed by atoms with Crippen LogP contribution in [0.3, 0.4) is 0 Å². The van der Waals surface area contributed by atoms with E-state index in [0.717, 1.165) is 11.4 Å². The maximum Gasteiger partial charge on any atom is 0.270 e. The Balaban J connectivity index is 1.90. The summed E-state index contributed by atoms with van der Waals surface area (Å²) < 4.78 is 27.2. The van der Waals surface area contributed by atoms with Crippen LogP contribution in [-0.4, -0.2) is 50.8 Å². The quantitative estimate of drug-likeness (QED) is 0.934. The van der Waals surface area contributed by atoms with E-state index in [0.29, 0.717) is 5.56 Å². The molecule has 1 N–H and O–H groups in total. The van der Waals surface area contributed by atoms with Crippen molar-refractivity contribution in [2.24, 2.45) is 0 Å². The van der Waals surface area contributed by atoms with Crippen LogP contribution in [0.5, 0.6) is 0 Å². The highest BCUT2D eigenvalue weighted by Gasteiger charge is 2.51. The topological polar surface area (TPSA) is 58.4 Å². The largest absolute Gasteiger partial charge is 0.380 e. The molecule has 1 saturated heterocycles. The molecule has 1 aliphatic heterocycles. The van der Waals surface area contributed by atoms with Gasteiger partial charge in [0.25, 0.3) is 12.3 Å². The third-order valence-corrected chi connectivity index (χ3v) is 4.21. The minimum absolute atomic E-state index is 0.0157. The highest BCUT2D eigenvalue weighted by Crippen LogP contribution is 2.31. The average molecular weight is 335 g/mol. The number of rotatable bonds is 4. The number of β-amino-alcohol motifs (C(OH)–C–C–N with tert-alkyl or cyclic N) is 1. The van der Waals surface area contributed by atoms with Gasteiger partial charge < -0.3 is 10.0 Å². The van der Waals surface area contributed by atoms with E-state index in [1.807, 2.05) is 44.2 Å². The number of alkyl halides is 2. The van der Waals surface area contributed by atoms with E-state index in [4.69, 9.17) is 0 Å². The molecule has 1 aromatic carbocycles. The van der Waals surface area contributed by atoms with Crippen LogP contribution in [0.15, 0.2) is 36.5 Å². The van der Waals surface area contributed by atoms with E-state index in [9.17, 15) is 18.7 Å². The minimum Gasteiger partial charge on any atom is -0.380 e. The van der Waals surface area contributed by atoms with E-state index in [2.05, 4.69) is 5.10 Å². The summed E-state index contributed by atoms with van der Waals surface area (Å²) in [7, 11) is 0. The van der Waals surface area contributed by atoms with Gasteiger partial charge in [-0.1, -0.05) is 32.0 Å². The highest BCUT2D eigenvalue weighted by molar-refractivity contribution is 5.96. The molecule has 0 saturated carbocycles. The number of aliphatic hydroxyl groups is 1. The molecule has 1 fully saturated rings. The molecular formula is C17H19F2N3O2. The van der Waals surface area contributed by atoms with Crippen molar-refractivity contribution in [3.63, 3.8) is 0 Å². The van der Waals surface area contributed by atoms with Crippen molar-refractivity contribution >= 4 is 5.91 Å². The van der Waals surface area contributed by atoms with Gasteiger partial charge in [-0.05, 0) is 18.1 Å². The zero-order valence-electron chi connectivity index (χ0n) is 13.5. The smallest absolute Gasteiger partial charge is 0.270 e. The molecule has 5 nitrogen and oxygen atoms in total. The first-order valence-corrected chi connectivity index (χ1v) is 7.76. The van der Waals surface area contributed by atoms with Crippen LogP contribution in [0.25, 0.3) is 5.69 Å². The summed E-state index contributed by atoms with van der Waals surface area (Å²) >= 11 is 0. The molecule has 24 heavy (non-hydrogen) atoms. The summed E-state index contributed by atoms with van der Waals surface area (Å²) in [6.45, 7) is 3.16. The Morgan fingerprint density at radius 3 is 2.42 bits per heavy atom. The molecule has 7 heteroatoms. The van der Waals surface area contributed by atoms with E-state index in [1.54, 1.807) is 4.68 Å². The lowest BCUT2D eigenvalue weighted by atomic mass is 9.93. The Morgan fingerprint density at radius 1 is 1.25 bits per heavy atom. The van der Waals surface area contributed by atoms with Crippen LogP contribution in [0.2, 0.25) is 0 Å². The van der Waals surface area contributed by atoms with E-state index < -0.39 is 12.0 Å². The van der Waals surface area contributed by atoms with Crippen LogP contribution in [-0.2, 0) is 0 Å². The van der Waals surface area contributed by atoms with Crippen LogP contribution < -0.4 is 0 Å². The van der Waals surface area contributed by atoms with E-state index >= 15 is 0 Å². The number of carbonyl (C=O) groups excluding carboxylic acids is 1. The van der Waals surface area contributed by atoms with Gasteiger partial charge in [-0.15, -0.1) is 0 Å². The van der Waals surface area contributed by atoms with Crippen molar-refractivity contribution in [2.75, 3.05) is 13.1 Å². The predicted molar refractivity (Wildman–Crippen MR) is 84.5 cm³/mol. The van der Waals surface area contributed by atoms with Crippen LogP contribution in [0.1, 0.15) is 35.8 Å². The second kappa shape index (κ2) is 5.98. The van der Waals surface area contributed by atoms with Crippen molar-refractivity contribution < 1.29 is 18.7 Å². The summed E-state index contributed by atoms with van der Waals surface area (Å²) in [4.78, 5) is 13.9. The molecule has 2 aromatic rings. The summed E-state index contributed by atoms with van der Waals surface area (Å²) in [5.41, 5.74) is -0.167. The number of para-hydroxylation sites is 1. The predicted octanol–water partition coefficient (Wildman–Crippen LogP) is 2.45. The fourth-order valence-corrected chi connectivity index (χ4v) is 2.92. The number of likely N-dealkylation sites (tertiary alicyclic amines) is 1. The molecule has 0 atom stereocenters. The Kier molecular flexibility index (Phi) is 4.13. The zero-order valence-corrected chi connectivity index (χ0v) is 13.5. The molecule has 0 radical (unpaired) electrons. The van der Waals surface area contributed by atoms with Crippen molar-refractivity contribution in [1.82, 2.24) is 14.7 Å². The summed E-state index contributed by atoms with van der Waals surface area (Å²) in [6, 6.07) is 9.40. The molecule has 0 spiro atoms. The van der Waals surface area contributed by atoms with Gasteiger partial charge in [0.2, 0.25) is 0 Å². The second-order valence-electron chi connectivity index (χ2n) is 6.41. The number of amides is 1. The number of hydrogen-bond acceptors (Lipinski definition) is 3. The summed E-state index contributed by atoms with van der Waals surface area (Å²) in [5.74, 6) is -0.367. The van der Waals surface area contributed by atoms with Gasteiger partial charge in [-0.2, -0.15) is 5.10 Å². The van der Waals surface area contributed by atoms with Crippen LogP contribution in [0, 0.1) is 0 Å². The van der Waals surface area contributed by atoms with E-state index in [1.165, 1.54) is 11.1 Å². The first kappa shape index (κ1) is 16.6. The van der Waals surface area contributed by atoms with Gasteiger partial charge in [0, 0.05) is 0 Å². The van der Waals surface area contributed by atoms with Gasteiger partial charge in [0.05, 0.1) is 36.2 Å². The maximum atomic E-state index is 12.7. The van der Waals surface area contributed by atoms with Crippen molar-refractivity contribution in [2.45, 2.75) is 31.8 Å². The fourth-order valence-electron chi connectivity index (χ4n) is 2.92. The molecule has 1 aromatic heterocycles. The number of halogens is 2. The Labute approximate surface area is 138 Å². The monoisotopic (exact) mass is 335 g/mol. The lowest BCUT2D eigenvalue weighted by molar-refractivity contribution is -0.166. The number of hydrogen-bond donors (Lipinski definition) is 1. The molecule has 1 aliphatic rings. The Bertz CT molecular complexity index is 738. The first-order valence-electron chi connectivity index (χ1n) is 7.76. The number of aromatic nitrogens is 2. The third kappa shape index (κ3) is 2.69. The molecular weight excluding hydrogens is 316 g/mol. The lowest BCUT2D eigenvalue weighted by Crippen LogP contribution is -2.67. The highest BCUT2D eigenvalue weighted by atomic mass is 19.3. The third-order valence-electron chi connectivity index (χ3n) is 4.21. The lowest BCUT2D eigenvalue weighted by Gasteiger charge is -2.45. The van der Waals surface area contributed by atoms with E-state index in [-0.39, 0.29) is 24.9 Å². The zero-order chi connectivity index (χ0) is 17.5. The maximum absolute atomic E-state index is 12.7. The number of benzene rings is 1. The first-order chi connectivity index (χ1) is 11.3.